The fourth-order valence-electron chi connectivity index (χ4n) is 3.07. The quantitative estimate of drug-likeness (QED) is 0.805. The molecule has 2 bridgehead atoms. The third-order valence-corrected chi connectivity index (χ3v) is 4.61. The number of hydrogen-bond acceptors (Lipinski definition) is 3. The topological polar surface area (TPSA) is 69.2 Å². The van der Waals surface area contributed by atoms with Crippen LogP contribution in [0.5, 0.6) is 0 Å². The van der Waals surface area contributed by atoms with Crippen molar-refractivity contribution in [3.63, 3.8) is 0 Å². The first kappa shape index (κ1) is 12.0. The zero-order valence-electron chi connectivity index (χ0n) is 10.2. The Morgan fingerprint density at radius 3 is 2.56 bits per heavy atom. The lowest BCUT2D eigenvalue weighted by Gasteiger charge is -2.35. The molecule has 18 heavy (non-hydrogen) atoms. The number of aliphatic hydroxyl groups excluding tert-OH is 1. The van der Waals surface area contributed by atoms with E-state index in [1.165, 1.54) is 0 Å². The second-order valence-corrected chi connectivity index (χ2v) is 5.69. The Bertz CT molecular complexity index is 474. The Balaban J connectivity index is 1.80. The molecule has 2 aliphatic rings. The summed E-state index contributed by atoms with van der Waals surface area (Å²) in [6, 6.07) is 0. The normalized spacial score (nSPS) is 30.8. The number of piperidine rings is 1. The van der Waals surface area contributed by atoms with Gasteiger partial charge in [0.25, 0.3) is 5.91 Å². The van der Waals surface area contributed by atoms with Gasteiger partial charge in [-0.15, -0.1) is 0 Å². The first-order chi connectivity index (χ1) is 8.58. The van der Waals surface area contributed by atoms with E-state index in [4.69, 9.17) is 11.6 Å². The molecule has 1 saturated heterocycles. The molecule has 0 aromatic carbocycles. The lowest BCUT2D eigenvalue weighted by molar-refractivity contribution is 0.0163. The highest BCUT2D eigenvalue weighted by Gasteiger charge is 2.42. The largest absolute Gasteiger partial charge is 0.392 e. The number of nitrogens with one attached hydrogen (secondary N) is 1. The van der Waals surface area contributed by atoms with Crippen LogP contribution in [0.15, 0.2) is 0 Å². The molecule has 2 heterocycles. The minimum absolute atomic E-state index is 0.131. The number of nitrogens with zero attached hydrogens (tertiary/aromatic N) is 2. The lowest BCUT2D eigenvalue weighted by Crippen LogP contribution is -2.47. The van der Waals surface area contributed by atoms with Gasteiger partial charge in [-0.25, -0.2) is 0 Å². The standard InChI is InChI=1S/C12H16ClN3O2/c1-6-9(13)10(15-14-6)12(18)16-4-7-2-3-8(5-16)11(7)17/h7-8,11,17H,2-5H2,1H3,(H,14,15)/t7-,8+,11?. The molecule has 6 heteroatoms. The van der Waals surface area contributed by atoms with Crippen molar-refractivity contribution in [1.82, 2.24) is 15.1 Å². The van der Waals surface area contributed by atoms with Gasteiger partial charge >= 0.3 is 0 Å². The van der Waals surface area contributed by atoms with Crippen LogP contribution in [0.4, 0.5) is 0 Å². The summed E-state index contributed by atoms with van der Waals surface area (Å²) in [5.41, 5.74) is 1.00. The van der Waals surface area contributed by atoms with Crippen LogP contribution in [0.3, 0.4) is 0 Å². The second-order valence-electron chi connectivity index (χ2n) is 5.31. The van der Waals surface area contributed by atoms with Crippen LogP contribution in [0, 0.1) is 18.8 Å². The monoisotopic (exact) mass is 269 g/mol. The van der Waals surface area contributed by atoms with Gasteiger partial charge in [0.1, 0.15) is 0 Å². The number of carbonyl (C=O) groups excluding carboxylic acids is 1. The van der Waals surface area contributed by atoms with Crippen molar-refractivity contribution >= 4 is 17.5 Å². The number of rotatable bonds is 1. The molecule has 2 fully saturated rings. The SMILES string of the molecule is Cc1[nH]nc(C(=O)N2C[C@H]3CC[C@@H](C2)C3O)c1Cl. The number of H-pyrrole nitrogens is 1. The van der Waals surface area contributed by atoms with E-state index in [0.717, 1.165) is 12.8 Å². The van der Waals surface area contributed by atoms with Gasteiger partial charge in [-0.3, -0.25) is 9.89 Å². The smallest absolute Gasteiger partial charge is 0.275 e. The van der Waals surface area contributed by atoms with Gasteiger partial charge in [0.2, 0.25) is 0 Å². The highest BCUT2D eigenvalue weighted by atomic mass is 35.5. The number of aliphatic hydroxyl groups is 1. The molecule has 0 radical (unpaired) electrons. The number of halogens is 1. The van der Waals surface area contributed by atoms with Crippen LogP contribution in [0.1, 0.15) is 29.0 Å². The highest BCUT2D eigenvalue weighted by Crippen LogP contribution is 2.37. The van der Waals surface area contributed by atoms with Crippen LogP contribution in [-0.4, -0.2) is 45.3 Å². The van der Waals surface area contributed by atoms with Gasteiger partial charge in [-0.05, 0) is 19.8 Å². The number of aryl methyl sites for hydroxylation is 1. The highest BCUT2D eigenvalue weighted by molar-refractivity contribution is 6.34. The number of fused-ring (bicyclic) bond motifs is 2. The predicted octanol–water partition coefficient (Wildman–Crippen LogP) is 1.21. The van der Waals surface area contributed by atoms with Crippen molar-refractivity contribution in [2.45, 2.75) is 25.9 Å². The van der Waals surface area contributed by atoms with E-state index in [2.05, 4.69) is 10.2 Å². The van der Waals surface area contributed by atoms with Crippen LogP contribution in [0.2, 0.25) is 5.02 Å². The third-order valence-electron chi connectivity index (χ3n) is 4.15. The van der Waals surface area contributed by atoms with Crippen molar-refractivity contribution in [2.75, 3.05) is 13.1 Å². The molecule has 1 aromatic heterocycles. The number of carbonyl (C=O) groups is 1. The molecule has 1 amide bonds. The number of hydrogen-bond donors (Lipinski definition) is 2. The van der Waals surface area contributed by atoms with E-state index in [-0.39, 0.29) is 23.8 Å². The molecule has 3 rings (SSSR count). The fraction of sp³-hybridized carbons (Fsp3) is 0.667. The van der Waals surface area contributed by atoms with Crippen LogP contribution in [-0.2, 0) is 0 Å². The number of aromatic nitrogens is 2. The van der Waals surface area contributed by atoms with E-state index in [0.29, 0.717) is 29.5 Å². The van der Waals surface area contributed by atoms with Crippen molar-refractivity contribution < 1.29 is 9.90 Å². The molecule has 3 atom stereocenters. The van der Waals surface area contributed by atoms with Crippen molar-refractivity contribution in [3.05, 3.63) is 16.4 Å². The molecule has 98 valence electrons. The maximum absolute atomic E-state index is 12.3. The van der Waals surface area contributed by atoms with E-state index >= 15 is 0 Å². The molecule has 1 aliphatic heterocycles. The van der Waals surface area contributed by atoms with Gasteiger partial charge in [0, 0.05) is 24.9 Å². The number of likely N-dealkylation sites (tertiary alicyclic amines) is 1. The predicted molar refractivity (Wildman–Crippen MR) is 66.5 cm³/mol. The zero-order chi connectivity index (χ0) is 12.9. The first-order valence-electron chi connectivity index (χ1n) is 6.25. The summed E-state index contributed by atoms with van der Waals surface area (Å²) < 4.78 is 0. The molecule has 1 saturated carbocycles. The second kappa shape index (κ2) is 4.24. The minimum Gasteiger partial charge on any atom is -0.392 e. The maximum Gasteiger partial charge on any atom is 0.275 e. The zero-order valence-corrected chi connectivity index (χ0v) is 10.9. The van der Waals surface area contributed by atoms with E-state index < -0.39 is 0 Å². The maximum atomic E-state index is 12.3. The van der Waals surface area contributed by atoms with Crippen LogP contribution >= 0.6 is 11.6 Å². The fourth-order valence-corrected chi connectivity index (χ4v) is 3.23. The molecule has 1 unspecified atom stereocenters. The van der Waals surface area contributed by atoms with Gasteiger partial charge in [0.05, 0.1) is 16.8 Å². The third kappa shape index (κ3) is 1.73. The summed E-state index contributed by atoms with van der Waals surface area (Å²) in [4.78, 5) is 14.1. The summed E-state index contributed by atoms with van der Waals surface area (Å²) in [6.07, 6.45) is 1.76. The Hall–Kier alpha value is -1.07. The lowest BCUT2D eigenvalue weighted by atomic mass is 9.95. The van der Waals surface area contributed by atoms with E-state index in [1.807, 2.05) is 0 Å². The average Bonchev–Trinajstić information content (AvgIpc) is 2.77. The summed E-state index contributed by atoms with van der Waals surface area (Å²) in [5, 5.41) is 17.0. The summed E-state index contributed by atoms with van der Waals surface area (Å²) in [6.45, 7) is 3.01. The van der Waals surface area contributed by atoms with Crippen molar-refractivity contribution in [1.29, 1.82) is 0 Å². The van der Waals surface area contributed by atoms with Gasteiger partial charge < -0.3 is 10.0 Å². The molecule has 5 nitrogen and oxygen atoms in total. The molecule has 1 aromatic rings. The summed E-state index contributed by atoms with van der Waals surface area (Å²) in [7, 11) is 0. The van der Waals surface area contributed by atoms with Crippen molar-refractivity contribution in [3.8, 4) is 0 Å². The molecular weight excluding hydrogens is 254 g/mol. The molecular formula is C12H16ClN3O2. The van der Waals surface area contributed by atoms with E-state index in [9.17, 15) is 9.90 Å². The van der Waals surface area contributed by atoms with Gasteiger partial charge in [-0.2, -0.15) is 5.10 Å². The van der Waals surface area contributed by atoms with Crippen molar-refractivity contribution in [2.24, 2.45) is 11.8 Å². The van der Waals surface area contributed by atoms with Crippen LogP contribution < -0.4 is 0 Å². The Labute approximate surface area is 110 Å². The van der Waals surface area contributed by atoms with Crippen LogP contribution in [0.25, 0.3) is 0 Å². The Morgan fingerprint density at radius 1 is 1.44 bits per heavy atom. The van der Waals surface area contributed by atoms with Gasteiger partial charge in [-0.1, -0.05) is 11.6 Å². The number of aromatic amines is 1. The molecule has 1 aliphatic carbocycles. The Kier molecular flexibility index (Phi) is 2.83. The van der Waals surface area contributed by atoms with E-state index in [1.54, 1.807) is 11.8 Å². The molecule has 0 spiro atoms. The summed E-state index contributed by atoms with van der Waals surface area (Å²) in [5.74, 6) is 0.297. The van der Waals surface area contributed by atoms with Gasteiger partial charge in [0.15, 0.2) is 5.69 Å². The minimum atomic E-state index is -0.245. The Morgan fingerprint density at radius 2 is 2.06 bits per heavy atom. The number of amides is 1. The summed E-state index contributed by atoms with van der Waals surface area (Å²) >= 11 is 6.05. The average molecular weight is 270 g/mol. The first-order valence-corrected chi connectivity index (χ1v) is 6.63. The molecule has 2 N–H and O–H groups in total.